The zero-order chi connectivity index (χ0) is 8.97. The molecular formula is C7H8FN3O. The maximum Gasteiger partial charge on any atom is 0.233 e. The fourth-order valence-corrected chi connectivity index (χ4v) is 0.634. The highest BCUT2D eigenvalue weighted by atomic mass is 19.1. The lowest BCUT2D eigenvalue weighted by molar-refractivity contribution is -0.115. The first kappa shape index (κ1) is 8.58. The lowest BCUT2D eigenvalue weighted by Crippen LogP contribution is -2.11. The Balaban J connectivity index is 2.69. The van der Waals surface area contributed by atoms with E-state index in [2.05, 4.69) is 15.3 Å². The molecule has 0 saturated heterocycles. The molecule has 1 heterocycles. The highest BCUT2D eigenvalue weighted by molar-refractivity contribution is 5.89. The number of hydrogen-bond donors (Lipinski definition) is 1. The third-order valence-corrected chi connectivity index (χ3v) is 1.19. The van der Waals surface area contributed by atoms with E-state index < -0.39 is 5.95 Å². The molecule has 0 atom stereocenters. The molecule has 12 heavy (non-hydrogen) atoms. The van der Waals surface area contributed by atoms with E-state index in [-0.39, 0.29) is 11.7 Å². The molecule has 4 nitrogen and oxygen atoms in total. The molecule has 0 spiro atoms. The van der Waals surface area contributed by atoms with Crippen LogP contribution in [0.15, 0.2) is 12.4 Å². The van der Waals surface area contributed by atoms with Crippen molar-refractivity contribution >= 4 is 11.7 Å². The topological polar surface area (TPSA) is 54.9 Å². The number of carbonyl (C=O) groups excluding carboxylic acids is 1. The normalized spacial score (nSPS) is 9.50. The molecule has 0 aliphatic heterocycles. The third kappa shape index (κ3) is 2.26. The van der Waals surface area contributed by atoms with Gasteiger partial charge >= 0.3 is 0 Å². The minimum absolute atomic E-state index is 0.141. The average molecular weight is 169 g/mol. The van der Waals surface area contributed by atoms with Crippen LogP contribution in [0.1, 0.15) is 13.3 Å². The second-order valence-electron chi connectivity index (χ2n) is 2.13. The van der Waals surface area contributed by atoms with Gasteiger partial charge in [-0.05, 0) is 0 Å². The standard InChI is InChI=1S/C7H8FN3O/c1-2-7(12)11-6-4-9-3-5(8)10-6/h3-4H,2H2,1H3,(H,10,11,12). The molecule has 1 aromatic rings. The van der Waals surface area contributed by atoms with Gasteiger partial charge in [-0.2, -0.15) is 9.37 Å². The minimum Gasteiger partial charge on any atom is -0.309 e. The molecule has 0 saturated carbocycles. The molecule has 0 radical (unpaired) electrons. The molecule has 0 aromatic carbocycles. The first-order valence-electron chi connectivity index (χ1n) is 3.49. The second-order valence-corrected chi connectivity index (χ2v) is 2.13. The van der Waals surface area contributed by atoms with Crippen LogP contribution in [0.25, 0.3) is 0 Å². The summed E-state index contributed by atoms with van der Waals surface area (Å²) in [7, 11) is 0. The largest absolute Gasteiger partial charge is 0.309 e. The Hall–Kier alpha value is -1.52. The number of carbonyl (C=O) groups is 1. The van der Waals surface area contributed by atoms with Gasteiger partial charge in [0.05, 0.1) is 12.4 Å². The van der Waals surface area contributed by atoms with Crippen LogP contribution < -0.4 is 5.32 Å². The van der Waals surface area contributed by atoms with Gasteiger partial charge in [-0.15, -0.1) is 0 Å². The summed E-state index contributed by atoms with van der Waals surface area (Å²) in [5.74, 6) is -0.777. The van der Waals surface area contributed by atoms with E-state index in [0.29, 0.717) is 6.42 Å². The van der Waals surface area contributed by atoms with Crippen molar-refractivity contribution in [2.75, 3.05) is 5.32 Å². The van der Waals surface area contributed by atoms with E-state index in [0.717, 1.165) is 6.20 Å². The van der Waals surface area contributed by atoms with Crippen molar-refractivity contribution in [2.45, 2.75) is 13.3 Å². The first-order chi connectivity index (χ1) is 5.72. The number of anilines is 1. The summed E-state index contributed by atoms with van der Waals surface area (Å²) in [4.78, 5) is 17.7. The first-order valence-corrected chi connectivity index (χ1v) is 3.49. The van der Waals surface area contributed by atoms with E-state index in [1.54, 1.807) is 6.92 Å². The van der Waals surface area contributed by atoms with Crippen LogP contribution in [0.5, 0.6) is 0 Å². The Morgan fingerprint density at radius 2 is 2.42 bits per heavy atom. The molecule has 0 aliphatic carbocycles. The molecule has 1 aromatic heterocycles. The Labute approximate surface area is 68.8 Å². The molecule has 1 amide bonds. The van der Waals surface area contributed by atoms with Crippen molar-refractivity contribution in [3.05, 3.63) is 18.3 Å². The lowest BCUT2D eigenvalue weighted by atomic mass is 10.4. The van der Waals surface area contributed by atoms with E-state index >= 15 is 0 Å². The van der Waals surface area contributed by atoms with E-state index in [9.17, 15) is 9.18 Å². The molecule has 1 rings (SSSR count). The number of rotatable bonds is 2. The molecule has 64 valence electrons. The average Bonchev–Trinajstić information content (AvgIpc) is 2.04. The number of hydrogen-bond acceptors (Lipinski definition) is 3. The van der Waals surface area contributed by atoms with Crippen molar-refractivity contribution in [1.82, 2.24) is 9.97 Å². The summed E-state index contributed by atoms with van der Waals surface area (Å²) in [6, 6.07) is 0. The maximum atomic E-state index is 12.4. The van der Waals surface area contributed by atoms with Crippen molar-refractivity contribution in [3.8, 4) is 0 Å². The smallest absolute Gasteiger partial charge is 0.233 e. The molecule has 5 heteroatoms. The Bertz CT molecular complexity index is 290. The van der Waals surface area contributed by atoms with Gasteiger partial charge in [-0.3, -0.25) is 9.78 Å². The number of nitrogens with zero attached hydrogens (tertiary/aromatic N) is 2. The molecule has 0 aliphatic rings. The van der Waals surface area contributed by atoms with Gasteiger partial charge in [0.1, 0.15) is 0 Å². The molecule has 1 N–H and O–H groups in total. The van der Waals surface area contributed by atoms with Crippen LogP contribution in [0.2, 0.25) is 0 Å². The fraction of sp³-hybridized carbons (Fsp3) is 0.286. The Morgan fingerprint density at radius 3 is 3.00 bits per heavy atom. The summed E-state index contributed by atoms with van der Waals surface area (Å²) >= 11 is 0. The lowest BCUT2D eigenvalue weighted by Gasteiger charge is -1.99. The number of aromatic nitrogens is 2. The van der Waals surface area contributed by atoms with E-state index in [4.69, 9.17) is 0 Å². The van der Waals surface area contributed by atoms with Crippen molar-refractivity contribution in [3.63, 3.8) is 0 Å². The quantitative estimate of drug-likeness (QED) is 0.717. The predicted molar refractivity (Wildman–Crippen MR) is 40.9 cm³/mol. The highest BCUT2D eigenvalue weighted by Crippen LogP contribution is 2.00. The summed E-state index contributed by atoms with van der Waals surface area (Å²) in [6.45, 7) is 1.70. The van der Waals surface area contributed by atoms with Gasteiger partial charge in [0.15, 0.2) is 5.82 Å². The van der Waals surface area contributed by atoms with Gasteiger partial charge < -0.3 is 5.32 Å². The molecule has 0 bridgehead atoms. The molecular weight excluding hydrogens is 161 g/mol. The fourth-order valence-electron chi connectivity index (χ4n) is 0.634. The summed E-state index contributed by atoms with van der Waals surface area (Å²) < 4.78 is 12.4. The minimum atomic E-state index is -0.705. The van der Waals surface area contributed by atoms with Crippen LogP contribution in [-0.2, 0) is 4.79 Å². The van der Waals surface area contributed by atoms with Crippen molar-refractivity contribution in [2.24, 2.45) is 0 Å². The van der Waals surface area contributed by atoms with Gasteiger partial charge in [-0.25, -0.2) is 0 Å². The SMILES string of the molecule is CCC(=O)Nc1cncc(F)n1. The van der Waals surface area contributed by atoms with E-state index in [1.807, 2.05) is 0 Å². The summed E-state index contributed by atoms with van der Waals surface area (Å²) in [5, 5.41) is 2.38. The van der Waals surface area contributed by atoms with Crippen LogP contribution in [0, 0.1) is 5.95 Å². The highest BCUT2D eigenvalue weighted by Gasteiger charge is 2.00. The van der Waals surface area contributed by atoms with Crippen molar-refractivity contribution < 1.29 is 9.18 Å². The Kier molecular flexibility index (Phi) is 2.68. The van der Waals surface area contributed by atoms with Crippen molar-refractivity contribution in [1.29, 1.82) is 0 Å². The number of halogens is 1. The monoisotopic (exact) mass is 169 g/mol. The summed E-state index contributed by atoms with van der Waals surface area (Å²) in [5.41, 5.74) is 0. The second kappa shape index (κ2) is 3.75. The summed E-state index contributed by atoms with van der Waals surface area (Å²) in [6.07, 6.45) is 2.59. The van der Waals surface area contributed by atoms with Gasteiger partial charge in [-0.1, -0.05) is 6.92 Å². The third-order valence-electron chi connectivity index (χ3n) is 1.19. The van der Waals surface area contributed by atoms with Gasteiger partial charge in [0.25, 0.3) is 0 Å². The number of amides is 1. The predicted octanol–water partition coefficient (Wildman–Crippen LogP) is 0.964. The molecule has 0 unspecified atom stereocenters. The zero-order valence-corrected chi connectivity index (χ0v) is 6.54. The maximum absolute atomic E-state index is 12.4. The number of nitrogens with one attached hydrogen (secondary N) is 1. The molecule has 0 fully saturated rings. The van der Waals surface area contributed by atoms with Gasteiger partial charge in [0.2, 0.25) is 11.9 Å². The van der Waals surface area contributed by atoms with Gasteiger partial charge in [0, 0.05) is 6.42 Å². The zero-order valence-electron chi connectivity index (χ0n) is 6.54. The van der Waals surface area contributed by atoms with Crippen LogP contribution in [0.4, 0.5) is 10.2 Å². The van der Waals surface area contributed by atoms with Crippen LogP contribution in [0.3, 0.4) is 0 Å². The van der Waals surface area contributed by atoms with E-state index in [1.165, 1.54) is 6.20 Å². The van der Waals surface area contributed by atoms with Crippen LogP contribution in [-0.4, -0.2) is 15.9 Å². The van der Waals surface area contributed by atoms with Crippen LogP contribution >= 0.6 is 0 Å². The Morgan fingerprint density at radius 1 is 1.67 bits per heavy atom.